The summed E-state index contributed by atoms with van der Waals surface area (Å²) in [5, 5.41) is 0. The molecule has 8 heavy (non-hydrogen) atoms. The number of terminal acetylenes is 1. The van der Waals surface area contributed by atoms with Crippen LogP contribution >= 0.6 is 0 Å². The Morgan fingerprint density at radius 1 is 2.00 bits per heavy atom. The molecule has 0 rings (SSSR count). The molecule has 0 N–H and O–H groups in total. The van der Waals surface area contributed by atoms with Gasteiger partial charge in [0.15, 0.2) is 0 Å². The summed E-state index contributed by atoms with van der Waals surface area (Å²) in [5.41, 5.74) is 0. The second-order valence-electron chi connectivity index (χ2n) is 1.03. The van der Waals surface area contributed by atoms with Crippen molar-refractivity contribution in [3.63, 3.8) is 0 Å². The molecule has 0 bridgehead atoms. The SMILES string of the molecule is C#CC(=O)OCC=C. The minimum absolute atomic E-state index is 0.184. The minimum atomic E-state index is -0.648. The highest BCUT2D eigenvalue weighted by molar-refractivity contribution is 5.87. The van der Waals surface area contributed by atoms with Crippen molar-refractivity contribution in [2.75, 3.05) is 6.61 Å². The number of rotatable bonds is 2. The molecule has 0 saturated carbocycles. The average Bonchev–Trinajstić information content (AvgIpc) is 1.83. The predicted molar refractivity (Wildman–Crippen MR) is 30.0 cm³/mol. The number of carbonyl (C=O) groups is 1. The zero-order valence-corrected chi connectivity index (χ0v) is 4.39. The van der Waals surface area contributed by atoms with E-state index in [1.807, 2.05) is 0 Å². The van der Waals surface area contributed by atoms with Gasteiger partial charge in [-0.25, -0.2) is 4.79 Å². The van der Waals surface area contributed by atoms with Crippen molar-refractivity contribution < 1.29 is 9.53 Å². The third kappa shape index (κ3) is 2.98. The zero-order chi connectivity index (χ0) is 6.41. The van der Waals surface area contributed by atoms with E-state index in [1.165, 1.54) is 6.08 Å². The van der Waals surface area contributed by atoms with Crippen molar-refractivity contribution in [3.8, 4) is 12.3 Å². The lowest BCUT2D eigenvalue weighted by atomic mass is 10.6. The molecule has 0 saturated heterocycles. The zero-order valence-electron chi connectivity index (χ0n) is 4.39. The lowest BCUT2D eigenvalue weighted by molar-refractivity contribution is -0.135. The topological polar surface area (TPSA) is 26.3 Å². The van der Waals surface area contributed by atoms with Crippen molar-refractivity contribution in [3.05, 3.63) is 12.7 Å². The maximum absolute atomic E-state index is 10.1. The quantitative estimate of drug-likeness (QED) is 0.222. The fourth-order valence-electron chi connectivity index (χ4n) is 0.176. The van der Waals surface area contributed by atoms with Gasteiger partial charge in [0.1, 0.15) is 6.61 Å². The molecule has 0 radical (unpaired) electrons. The van der Waals surface area contributed by atoms with Crippen molar-refractivity contribution in [2.45, 2.75) is 0 Å². The van der Waals surface area contributed by atoms with Crippen LogP contribution in [0.2, 0.25) is 0 Å². The van der Waals surface area contributed by atoms with Crippen LogP contribution in [0.3, 0.4) is 0 Å². The summed E-state index contributed by atoms with van der Waals surface area (Å²) in [6, 6.07) is 0. The van der Waals surface area contributed by atoms with Gasteiger partial charge in [0.05, 0.1) is 0 Å². The Labute approximate surface area is 48.1 Å². The van der Waals surface area contributed by atoms with Crippen LogP contribution in [-0.2, 0) is 9.53 Å². The van der Waals surface area contributed by atoms with Crippen molar-refractivity contribution in [2.24, 2.45) is 0 Å². The molecule has 0 aliphatic carbocycles. The smallest absolute Gasteiger partial charge is 0.384 e. The first-order valence-corrected chi connectivity index (χ1v) is 2.05. The molecule has 2 nitrogen and oxygen atoms in total. The van der Waals surface area contributed by atoms with Crippen LogP contribution in [0.4, 0.5) is 0 Å². The van der Waals surface area contributed by atoms with E-state index in [0.29, 0.717) is 0 Å². The molecule has 0 aromatic heterocycles. The Bertz CT molecular complexity index is 130. The highest BCUT2D eigenvalue weighted by Gasteiger charge is 1.88. The van der Waals surface area contributed by atoms with E-state index in [4.69, 9.17) is 0 Å². The molecular formula is C6H6O2. The van der Waals surface area contributed by atoms with E-state index in [9.17, 15) is 4.79 Å². The normalized spacial score (nSPS) is 6.88. The summed E-state index contributed by atoms with van der Waals surface area (Å²) >= 11 is 0. The fourth-order valence-corrected chi connectivity index (χ4v) is 0.176. The average molecular weight is 110 g/mol. The minimum Gasteiger partial charge on any atom is -0.452 e. The summed E-state index contributed by atoms with van der Waals surface area (Å²) in [5.74, 6) is 1.14. The molecule has 0 aliphatic rings. The van der Waals surface area contributed by atoms with Crippen LogP contribution in [0.15, 0.2) is 12.7 Å². The van der Waals surface area contributed by atoms with E-state index in [2.05, 4.69) is 17.7 Å². The molecule has 0 aromatic rings. The molecule has 0 aliphatic heterocycles. The Kier molecular flexibility index (Phi) is 3.34. The maximum Gasteiger partial charge on any atom is 0.384 e. The van der Waals surface area contributed by atoms with Gasteiger partial charge in [0.25, 0.3) is 0 Å². The van der Waals surface area contributed by atoms with Crippen LogP contribution in [0.25, 0.3) is 0 Å². The summed E-state index contributed by atoms with van der Waals surface area (Å²) in [4.78, 5) is 10.1. The Hall–Kier alpha value is -1.23. The number of hydrogen-bond donors (Lipinski definition) is 0. The van der Waals surface area contributed by atoms with Gasteiger partial charge in [-0.05, 0) is 0 Å². The lowest BCUT2D eigenvalue weighted by Gasteiger charge is -1.90. The van der Waals surface area contributed by atoms with Crippen LogP contribution in [-0.4, -0.2) is 12.6 Å². The predicted octanol–water partition coefficient (Wildman–Crippen LogP) is 0.349. The molecule has 0 unspecified atom stereocenters. The van der Waals surface area contributed by atoms with E-state index >= 15 is 0 Å². The molecular weight excluding hydrogens is 104 g/mol. The Balaban J connectivity index is 3.29. The Morgan fingerprint density at radius 2 is 2.62 bits per heavy atom. The molecule has 0 amide bonds. The summed E-state index contributed by atoms with van der Waals surface area (Å²) in [7, 11) is 0. The monoisotopic (exact) mass is 110 g/mol. The molecule has 0 spiro atoms. The second-order valence-corrected chi connectivity index (χ2v) is 1.03. The summed E-state index contributed by atoms with van der Waals surface area (Å²) in [6.07, 6.45) is 6.11. The first-order valence-electron chi connectivity index (χ1n) is 2.05. The van der Waals surface area contributed by atoms with Crippen LogP contribution in [0.1, 0.15) is 0 Å². The molecule has 42 valence electrons. The van der Waals surface area contributed by atoms with E-state index in [1.54, 1.807) is 5.92 Å². The van der Waals surface area contributed by atoms with Gasteiger partial charge < -0.3 is 4.74 Å². The summed E-state index contributed by atoms with van der Waals surface area (Å²) < 4.78 is 4.35. The number of esters is 1. The first kappa shape index (κ1) is 6.77. The standard InChI is InChI=1S/C6H6O2/c1-3-5-8-6(7)4-2/h2-3H,1,5H2. The van der Waals surface area contributed by atoms with Gasteiger partial charge in [0, 0.05) is 5.92 Å². The summed E-state index contributed by atoms with van der Waals surface area (Å²) in [6.45, 7) is 3.50. The second kappa shape index (κ2) is 3.94. The van der Waals surface area contributed by atoms with Crippen LogP contribution < -0.4 is 0 Å². The fraction of sp³-hybridized carbons (Fsp3) is 0.167. The highest BCUT2D eigenvalue weighted by Crippen LogP contribution is 1.73. The molecule has 0 atom stereocenters. The van der Waals surface area contributed by atoms with Crippen molar-refractivity contribution >= 4 is 5.97 Å². The van der Waals surface area contributed by atoms with E-state index in [0.717, 1.165) is 0 Å². The number of carbonyl (C=O) groups excluding carboxylic acids is 1. The van der Waals surface area contributed by atoms with Gasteiger partial charge in [0.2, 0.25) is 0 Å². The highest BCUT2D eigenvalue weighted by atomic mass is 16.5. The third-order valence-electron chi connectivity index (χ3n) is 0.450. The van der Waals surface area contributed by atoms with Gasteiger partial charge in [-0.1, -0.05) is 12.7 Å². The lowest BCUT2D eigenvalue weighted by Crippen LogP contribution is -1.99. The van der Waals surface area contributed by atoms with Gasteiger partial charge in [-0.3, -0.25) is 0 Å². The molecule has 2 heteroatoms. The number of ether oxygens (including phenoxy) is 1. The number of hydrogen-bond acceptors (Lipinski definition) is 2. The van der Waals surface area contributed by atoms with Crippen LogP contribution in [0.5, 0.6) is 0 Å². The molecule has 0 fully saturated rings. The third-order valence-corrected chi connectivity index (χ3v) is 0.450. The largest absolute Gasteiger partial charge is 0.452 e. The van der Waals surface area contributed by atoms with Gasteiger partial charge in [-0.15, -0.1) is 6.42 Å². The molecule has 0 aromatic carbocycles. The van der Waals surface area contributed by atoms with Crippen LogP contribution in [0, 0.1) is 12.3 Å². The van der Waals surface area contributed by atoms with Crippen molar-refractivity contribution in [1.29, 1.82) is 0 Å². The van der Waals surface area contributed by atoms with Gasteiger partial charge >= 0.3 is 5.97 Å². The van der Waals surface area contributed by atoms with Gasteiger partial charge in [-0.2, -0.15) is 0 Å². The van der Waals surface area contributed by atoms with E-state index in [-0.39, 0.29) is 6.61 Å². The first-order chi connectivity index (χ1) is 3.81. The Morgan fingerprint density at radius 3 is 3.00 bits per heavy atom. The van der Waals surface area contributed by atoms with E-state index < -0.39 is 5.97 Å². The molecule has 0 heterocycles. The van der Waals surface area contributed by atoms with Crippen molar-refractivity contribution in [1.82, 2.24) is 0 Å². The maximum atomic E-state index is 10.1.